The van der Waals surface area contributed by atoms with Crippen LogP contribution < -0.4 is 16.6 Å². The third-order valence-corrected chi connectivity index (χ3v) is 3.53. The zero-order valence-electron chi connectivity index (χ0n) is 10.3. The van der Waals surface area contributed by atoms with Gasteiger partial charge in [0, 0.05) is 29.4 Å². The lowest BCUT2D eigenvalue weighted by molar-refractivity contribution is -0.121. The van der Waals surface area contributed by atoms with Gasteiger partial charge >= 0.3 is 0 Å². The van der Waals surface area contributed by atoms with Crippen LogP contribution in [0.4, 0.5) is 5.69 Å². The van der Waals surface area contributed by atoms with E-state index in [0.717, 1.165) is 6.42 Å². The molecule has 100 valence electrons. The van der Waals surface area contributed by atoms with Gasteiger partial charge in [-0.05, 0) is 23.9 Å². The average Bonchev–Trinajstić information content (AvgIpc) is 2.87. The highest BCUT2D eigenvalue weighted by atomic mass is 32.1. The Kier molecular flexibility index (Phi) is 4.35. The number of nitrogens with zero attached hydrogens (tertiary/aromatic N) is 1. The van der Waals surface area contributed by atoms with Crippen molar-refractivity contribution in [2.24, 2.45) is 0 Å². The molecule has 0 saturated heterocycles. The Hall–Kier alpha value is -2.08. The van der Waals surface area contributed by atoms with Crippen LogP contribution in [0.3, 0.4) is 0 Å². The third kappa shape index (κ3) is 3.96. The van der Waals surface area contributed by atoms with Crippen LogP contribution in [0.5, 0.6) is 0 Å². The van der Waals surface area contributed by atoms with E-state index in [-0.39, 0.29) is 18.0 Å². The number of aromatic nitrogens is 1. The molecule has 0 fully saturated rings. The first-order valence-corrected chi connectivity index (χ1v) is 6.78. The molecule has 1 amide bonds. The van der Waals surface area contributed by atoms with Crippen molar-refractivity contribution in [1.29, 1.82) is 0 Å². The maximum Gasteiger partial charge on any atom is 0.251 e. The fraction of sp³-hybridized carbons (Fsp3) is 0.231. The highest BCUT2D eigenvalue weighted by Gasteiger charge is 2.04. The Morgan fingerprint density at radius 1 is 1.37 bits per heavy atom. The van der Waals surface area contributed by atoms with Gasteiger partial charge in [-0.15, -0.1) is 11.3 Å². The molecule has 0 radical (unpaired) electrons. The summed E-state index contributed by atoms with van der Waals surface area (Å²) >= 11 is 1.66. The molecule has 2 aromatic rings. The maximum atomic E-state index is 11.7. The van der Waals surface area contributed by atoms with Crippen molar-refractivity contribution in [3.05, 3.63) is 51.1 Å². The molecule has 0 aliphatic heterocycles. The molecule has 0 atom stereocenters. The Bertz CT molecular complexity index is 605. The van der Waals surface area contributed by atoms with Gasteiger partial charge in [0.15, 0.2) is 0 Å². The van der Waals surface area contributed by atoms with Crippen molar-refractivity contribution in [2.45, 2.75) is 13.0 Å². The lowest BCUT2D eigenvalue weighted by atomic mass is 10.3. The molecular weight excluding hydrogens is 262 g/mol. The van der Waals surface area contributed by atoms with E-state index in [1.54, 1.807) is 11.3 Å². The third-order valence-electron chi connectivity index (χ3n) is 2.59. The van der Waals surface area contributed by atoms with Crippen LogP contribution >= 0.6 is 11.3 Å². The summed E-state index contributed by atoms with van der Waals surface area (Å²) in [5, 5.41) is 4.79. The largest absolute Gasteiger partial charge is 0.398 e. The molecule has 2 rings (SSSR count). The molecule has 2 aromatic heterocycles. The molecule has 3 N–H and O–H groups in total. The minimum Gasteiger partial charge on any atom is -0.398 e. The zero-order chi connectivity index (χ0) is 13.7. The van der Waals surface area contributed by atoms with Crippen LogP contribution in [0.25, 0.3) is 0 Å². The molecule has 2 heterocycles. The fourth-order valence-corrected chi connectivity index (χ4v) is 2.37. The summed E-state index contributed by atoms with van der Waals surface area (Å²) in [5.74, 6) is -0.191. The number of pyridine rings is 1. The predicted octanol–water partition coefficient (Wildman–Crippen LogP) is 0.851. The summed E-state index contributed by atoms with van der Waals surface area (Å²) in [7, 11) is 0. The molecule has 0 unspecified atom stereocenters. The van der Waals surface area contributed by atoms with Gasteiger partial charge in [0.05, 0.1) is 0 Å². The summed E-state index contributed by atoms with van der Waals surface area (Å²) in [4.78, 5) is 24.4. The van der Waals surface area contributed by atoms with Crippen molar-refractivity contribution < 1.29 is 4.79 Å². The monoisotopic (exact) mass is 277 g/mol. The van der Waals surface area contributed by atoms with E-state index < -0.39 is 0 Å². The van der Waals surface area contributed by atoms with E-state index in [9.17, 15) is 9.59 Å². The quantitative estimate of drug-likeness (QED) is 0.850. The number of nitrogens with one attached hydrogen (secondary N) is 1. The van der Waals surface area contributed by atoms with Crippen LogP contribution in [-0.2, 0) is 17.8 Å². The van der Waals surface area contributed by atoms with Crippen LogP contribution in [0, 0.1) is 0 Å². The van der Waals surface area contributed by atoms with E-state index in [2.05, 4.69) is 5.32 Å². The van der Waals surface area contributed by atoms with Crippen molar-refractivity contribution in [1.82, 2.24) is 9.88 Å². The van der Waals surface area contributed by atoms with Crippen LogP contribution in [0.2, 0.25) is 0 Å². The lowest BCUT2D eigenvalue weighted by Gasteiger charge is -2.07. The van der Waals surface area contributed by atoms with Gasteiger partial charge in [-0.2, -0.15) is 0 Å². The van der Waals surface area contributed by atoms with E-state index >= 15 is 0 Å². The van der Waals surface area contributed by atoms with Crippen LogP contribution in [0.1, 0.15) is 4.88 Å². The van der Waals surface area contributed by atoms with Gasteiger partial charge in [0.2, 0.25) is 5.91 Å². The standard InChI is InChI=1S/C13H15N3O2S/c14-10-3-4-13(18)16(8-10)9-12(17)15-6-5-11-2-1-7-19-11/h1-4,7-8H,5-6,9,14H2,(H,15,17). The van der Waals surface area contributed by atoms with E-state index in [0.29, 0.717) is 12.2 Å². The Morgan fingerprint density at radius 3 is 2.95 bits per heavy atom. The first kappa shape index (κ1) is 13.4. The first-order chi connectivity index (χ1) is 9.15. The summed E-state index contributed by atoms with van der Waals surface area (Å²) in [6.07, 6.45) is 2.27. The van der Waals surface area contributed by atoms with Crippen LogP contribution in [0.15, 0.2) is 40.6 Å². The topological polar surface area (TPSA) is 77.1 Å². The van der Waals surface area contributed by atoms with Gasteiger partial charge in [0.1, 0.15) is 6.54 Å². The number of hydrogen-bond acceptors (Lipinski definition) is 4. The molecule has 19 heavy (non-hydrogen) atoms. The number of nitrogens with two attached hydrogens (primary N) is 1. The second kappa shape index (κ2) is 6.19. The Labute approximate surface area is 114 Å². The minimum absolute atomic E-state index is 0.00564. The number of amides is 1. The van der Waals surface area contributed by atoms with Gasteiger partial charge in [-0.25, -0.2) is 0 Å². The van der Waals surface area contributed by atoms with Gasteiger partial charge in [0.25, 0.3) is 5.56 Å². The summed E-state index contributed by atoms with van der Waals surface area (Å²) in [5.41, 5.74) is 5.81. The van der Waals surface area contributed by atoms with Gasteiger partial charge in [-0.1, -0.05) is 6.07 Å². The second-order valence-corrected chi connectivity index (χ2v) is 5.14. The SMILES string of the molecule is Nc1ccc(=O)n(CC(=O)NCCc2cccs2)c1. The highest BCUT2D eigenvalue weighted by molar-refractivity contribution is 7.09. The van der Waals surface area contributed by atoms with E-state index in [4.69, 9.17) is 5.73 Å². The summed E-state index contributed by atoms with van der Waals surface area (Å²) in [6.45, 7) is 0.560. The molecule has 6 heteroatoms. The molecule has 0 saturated carbocycles. The highest BCUT2D eigenvalue weighted by Crippen LogP contribution is 2.07. The van der Waals surface area contributed by atoms with E-state index in [1.165, 1.54) is 27.8 Å². The number of rotatable bonds is 5. The van der Waals surface area contributed by atoms with Crippen molar-refractivity contribution in [2.75, 3.05) is 12.3 Å². The Balaban J connectivity index is 1.84. The van der Waals surface area contributed by atoms with Gasteiger partial charge in [-0.3, -0.25) is 9.59 Å². The normalized spacial score (nSPS) is 10.3. The predicted molar refractivity (Wildman–Crippen MR) is 76.1 cm³/mol. The molecule has 0 spiro atoms. The smallest absolute Gasteiger partial charge is 0.251 e. The zero-order valence-corrected chi connectivity index (χ0v) is 11.2. The number of carbonyl (C=O) groups is 1. The first-order valence-electron chi connectivity index (χ1n) is 5.90. The van der Waals surface area contributed by atoms with Crippen LogP contribution in [-0.4, -0.2) is 17.0 Å². The summed E-state index contributed by atoms with van der Waals surface area (Å²) < 4.78 is 1.30. The van der Waals surface area contributed by atoms with E-state index in [1.807, 2.05) is 17.5 Å². The summed E-state index contributed by atoms with van der Waals surface area (Å²) in [6, 6.07) is 6.88. The number of anilines is 1. The number of thiophene rings is 1. The number of nitrogen functional groups attached to an aromatic ring is 1. The molecule has 0 aliphatic carbocycles. The average molecular weight is 277 g/mol. The molecule has 0 aromatic carbocycles. The number of carbonyl (C=O) groups excluding carboxylic acids is 1. The molecule has 5 nitrogen and oxygen atoms in total. The lowest BCUT2D eigenvalue weighted by Crippen LogP contribution is -2.33. The molecular formula is C13H15N3O2S. The molecule has 0 aliphatic rings. The fourth-order valence-electron chi connectivity index (χ4n) is 1.66. The maximum absolute atomic E-state index is 11.7. The minimum atomic E-state index is -0.234. The number of hydrogen-bond donors (Lipinski definition) is 2. The van der Waals surface area contributed by atoms with Crippen molar-refractivity contribution >= 4 is 22.9 Å². The molecule has 0 bridgehead atoms. The second-order valence-electron chi connectivity index (χ2n) is 4.11. The van der Waals surface area contributed by atoms with Crippen molar-refractivity contribution in [3.8, 4) is 0 Å². The van der Waals surface area contributed by atoms with Gasteiger partial charge < -0.3 is 15.6 Å². The Morgan fingerprint density at radius 2 is 2.21 bits per heavy atom. The van der Waals surface area contributed by atoms with Crippen molar-refractivity contribution in [3.63, 3.8) is 0 Å².